The molecular formula is C14H26O2Si. The summed E-state index contributed by atoms with van der Waals surface area (Å²) in [5, 5.41) is 10.4. The zero-order valence-electron chi connectivity index (χ0n) is 11.6. The van der Waals surface area contributed by atoms with Gasteiger partial charge in [-0.2, -0.15) is 0 Å². The van der Waals surface area contributed by atoms with Gasteiger partial charge in [0, 0.05) is 12.3 Å². The summed E-state index contributed by atoms with van der Waals surface area (Å²) in [6.07, 6.45) is 7.61. The molecule has 0 fully saturated rings. The molecule has 2 nitrogen and oxygen atoms in total. The van der Waals surface area contributed by atoms with Crippen molar-refractivity contribution in [1.29, 1.82) is 0 Å². The van der Waals surface area contributed by atoms with E-state index in [0.29, 0.717) is 0 Å². The lowest BCUT2D eigenvalue weighted by Gasteiger charge is -2.37. The molecule has 0 saturated heterocycles. The molecule has 1 rings (SSSR count). The van der Waals surface area contributed by atoms with Gasteiger partial charge in [-0.3, -0.25) is 0 Å². The summed E-state index contributed by atoms with van der Waals surface area (Å²) in [6, 6.07) is 0. The molecule has 1 aliphatic rings. The first kappa shape index (κ1) is 14.5. The molecule has 98 valence electrons. The Morgan fingerprint density at radius 2 is 2.24 bits per heavy atom. The van der Waals surface area contributed by atoms with E-state index in [1.165, 1.54) is 0 Å². The van der Waals surface area contributed by atoms with Gasteiger partial charge in [0.2, 0.25) is 8.32 Å². The first-order valence-electron chi connectivity index (χ1n) is 6.47. The molecule has 3 heteroatoms. The van der Waals surface area contributed by atoms with Crippen LogP contribution in [0.2, 0.25) is 19.6 Å². The Morgan fingerprint density at radius 3 is 2.76 bits per heavy atom. The first-order chi connectivity index (χ1) is 7.74. The van der Waals surface area contributed by atoms with Crippen LogP contribution in [0.4, 0.5) is 0 Å². The minimum Gasteiger partial charge on any atom is -0.548 e. The van der Waals surface area contributed by atoms with E-state index in [2.05, 4.69) is 32.3 Å². The molecule has 17 heavy (non-hydrogen) atoms. The Kier molecular flexibility index (Phi) is 4.61. The molecule has 1 aliphatic carbocycles. The fourth-order valence-electron chi connectivity index (χ4n) is 2.22. The first-order valence-corrected chi connectivity index (χ1v) is 9.88. The Hall–Kier alpha value is -0.543. The van der Waals surface area contributed by atoms with Gasteiger partial charge in [-0.15, -0.1) is 6.58 Å². The fourth-order valence-corrected chi connectivity index (χ4v) is 3.18. The molecule has 0 unspecified atom stereocenters. The Labute approximate surface area is 107 Å². The molecule has 0 spiro atoms. The number of rotatable bonds is 5. The van der Waals surface area contributed by atoms with E-state index in [4.69, 9.17) is 4.43 Å². The highest BCUT2D eigenvalue weighted by atomic mass is 28.4. The smallest absolute Gasteiger partial charge is 0.241 e. The van der Waals surface area contributed by atoms with Crippen LogP contribution in [0.15, 0.2) is 24.5 Å². The molecule has 0 amide bonds. The highest BCUT2D eigenvalue weighted by Gasteiger charge is 2.34. The van der Waals surface area contributed by atoms with Crippen molar-refractivity contribution in [2.45, 2.75) is 57.8 Å². The van der Waals surface area contributed by atoms with E-state index in [1.54, 1.807) is 0 Å². The molecule has 0 aromatic carbocycles. The molecule has 2 atom stereocenters. The van der Waals surface area contributed by atoms with Gasteiger partial charge in [0.1, 0.15) is 0 Å². The predicted octanol–water partition coefficient (Wildman–Crippen LogP) is 3.85. The van der Waals surface area contributed by atoms with Crippen molar-refractivity contribution < 1.29 is 9.53 Å². The van der Waals surface area contributed by atoms with Crippen LogP contribution in [-0.2, 0) is 4.43 Å². The largest absolute Gasteiger partial charge is 0.548 e. The molecule has 1 N–H and O–H groups in total. The second kappa shape index (κ2) is 5.40. The lowest BCUT2D eigenvalue weighted by molar-refractivity contribution is -0.00337. The molecule has 0 heterocycles. The Bertz CT molecular complexity index is 300. The van der Waals surface area contributed by atoms with Gasteiger partial charge in [0.15, 0.2) is 0 Å². The number of hydrogen-bond acceptors (Lipinski definition) is 2. The fraction of sp³-hybridized carbons (Fsp3) is 0.714. The molecule has 0 aromatic rings. The van der Waals surface area contributed by atoms with Crippen molar-refractivity contribution in [3.8, 4) is 0 Å². The number of aliphatic hydroxyl groups is 1. The molecule has 0 aromatic heterocycles. The van der Waals surface area contributed by atoms with E-state index in [-0.39, 0.29) is 5.92 Å². The van der Waals surface area contributed by atoms with Gasteiger partial charge in [-0.1, -0.05) is 6.08 Å². The van der Waals surface area contributed by atoms with Crippen LogP contribution in [0.5, 0.6) is 0 Å². The second-order valence-electron chi connectivity index (χ2n) is 6.18. The van der Waals surface area contributed by atoms with Crippen LogP contribution in [0, 0.1) is 5.92 Å². The summed E-state index contributed by atoms with van der Waals surface area (Å²) < 4.78 is 6.05. The quantitative estimate of drug-likeness (QED) is 0.596. The molecule has 0 aliphatic heterocycles. The van der Waals surface area contributed by atoms with E-state index >= 15 is 0 Å². The third-order valence-electron chi connectivity index (χ3n) is 3.18. The number of hydrogen-bond donors (Lipinski definition) is 1. The third-order valence-corrected chi connectivity index (χ3v) is 4.06. The predicted molar refractivity (Wildman–Crippen MR) is 75.3 cm³/mol. The standard InChI is InChI=1S/C14H26O2Si/c1-6-7-8-12-11-13(16-17(3,4)5)9-10-14(12,2)15/h6,11-12,15H,1,7-10H2,2-5H3/t12-,14+/m0/s1. The maximum absolute atomic E-state index is 10.4. The van der Waals surface area contributed by atoms with Crippen LogP contribution in [0.1, 0.15) is 32.6 Å². The normalized spacial score (nSPS) is 29.7. The van der Waals surface area contributed by atoms with Gasteiger partial charge in [-0.05, 0) is 51.9 Å². The van der Waals surface area contributed by atoms with Gasteiger partial charge in [-0.25, -0.2) is 0 Å². The van der Waals surface area contributed by atoms with Crippen LogP contribution in [-0.4, -0.2) is 19.0 Å². The summed E-state index contributed by atoms with van der Waals surface area (Å²) in [5.41, 5.74) is -0.588. The summed E-state index contributed by atoms with van der Waals surface area (Å²) in [5.74, 6) is 1.28. The molecule has 0 bridgehead atoms. The van der Waals surface area contributed by atoms with Gasteiger partial charge >= 0.3 is 0 Å². The van der Waals surface area contributed by atoms with Crippen LogP contribution in [0.25, 0.3) is 0 Å². The lowest BCUT2D eigenvalue weighted by atomic mass is 9.78. The zero-order chi connectivity index (χ0) is 13.1. The summed E-state index contributed by atoms with van der Waals surface area (Å²) in [7, 11) is -1.52. The van der Waals surface area contributed by atoms with Crippen molar-refractivity contribution in [1.82, 2.24) is 0 Å². The van der Waals surface area contributed by atoms with E-state index in [0.717, 1.165) is 31.4 Å². The molecular weight excluding hydrogens is 228 g/mol. The summed E-state index contributed by atoms with van der Waals surface area (Å²) in [6.45, 7) is 12.3. The zero-order valence-corrected chi connectivity index (χ0v) is 12.6. The monoisotopic (exact) mass is 254 g/mol. The second-order valence-corrected chi connectivity index (χ2v) is 10.6. The van der Waals surface area contributed by atoms with Crippen LogP contribution >= 0.6 is 0 Å². The van der Waals surface area contributed by atoms with E-state index < -0.39 is 13.9 Å². The van der Waals surface area contributed by atoms with Crippen LogP contribution < -0.4 is 0 Å². The van der Waals surface area contributed by atoms with Crippen molar-refractivity contribution in [2.75, 3.05) is 0 Å². The lowest BCUT2D eigenvalue weighted by Crippen LogP contribution is -2.37. The van der Waals surface area contributed by atoms with Gasteiger partial charge in [0.05, 0.1) is 11.4 Å². The van der Waals surface area contributed by atoms with E-state index in [9.17, 15) is 5.11 Å². The highest BCUT2D eigenvalue weighted by Crippen LogP contribution is 2.36. The van der Waals surface area contributed by atoms with Gasteiger partial charge in [0.25, 0.3) is 0 Å². The van der Waals surface area contributed by atoms with Crippen molar-refractivity contribution in [3.05, 3.63) is 24.5 Å². The highest BCUT2D eigenvalue weighted by molar-refractivity contribution is 6.70. The summed E-state index contributed by atoms with van der Waals surface area (Å²) in [4.78, 5) is 0. The average Bonchev–Trinajstić information content (AvgIpc) is 2.17. The maximum Gasteiger partial charge on any atom is 0.241 e. The maximum atomic E-state index is 10.4. The van der Waals surface area contributed by atoms with Crippen LogP contribution in [0.3, 0.4) is 0 Å². The third kappa shape index (κ3) is 4.68. The van der Waals surface area contributed by atoms with Crippen molar-refractivity contribution in [2.24, 2.45) is 5.92 Å². The van der Waals surface area contributed by atoms with Crippen molar-refractivity contribution in [3.63, 3.8) is 0 Å². The minimum absolute atomic E-state index is 0.195. The van der Waals surface area contributed by atoms with E-state index in [1.807, 2.05) is 13.0 Å². The van der Waals surface area contributed by atoms with Gasteiger partial charge < -0.3 is 9.53 Å². The Morgan fingerprint density at radius 1 is 1.59 bits per heavy atom. The average molecular weight is 254 g/mol. The molecule has 0 radical (unpaired) electrons. The summed E-state index contributed by atoms with van der Waals surface area (Å²) >= 11 is 0. The van der Waals surface area contributed by atoms with Crippen molar-refractivity contribution >= 4 is 8.32 Å². The number of allylic oxidation sites excluding steroid dienone is 2. The topological polar surface area (TPSA) is 29.5 Å². The minimum atomic E-state index is -1.52. The Balaban J connectivity index is 2.74. The SMILES string of the molecule is C=CCC[C@H]1C=C(O[Si](C)(C)C)CC[C@@]1(C)O. The molecule has 0 saturated carbocycles.